The molecule has 3 aliphatic carbocycles. The number of ketones is 4. The molecule has 4 rings (SSSR count). The molecule has 11 heteroatoms. The third-order valence-corrected chi connectivity index (χ3v) is 8.42. The fourth-order valence-electron chi connectivity index (χ4n) is 6.64. The minimum atomic E-state index is -2.94. The van der Waals surface area contributed by atoms with E-state index in [0.717, 1.165) is 13.0 Å². The van der Waals surface area contributed by atoms with Gasteiger partial charge in [0.1, 0.15) is 11.9 Å². The van der Waals surface area contributed by atoms with Crippen molar-refractivity contribution >= 4 is 35.0 Å². The normalized spacial score (nSPS) is 31.9. The van der Waals surface area contributed by atoms with E-state index in [1.807, 2.05) is 19.0 Å². The molecule has 11 nitrogen and oxygen atoms in total. The van der Waals surface area contributed by atoms with Crippen LogP contribution in [0.5, 0.6) is 5.75 Å². The van der Waals surface area contributed by atoms with E-state index in [4.69, 9.17) is 10.5 Å². The van der Waals surface area contributed by atoms with Crippen molar-refractivity contribution in [1.29, 1.82) is 0 Å². The van der Waals surface area contributed by atoms with E-state index in [-0.39, 0.29) is 17.7 Å². The van der Waals surface area contributed by atoms with Gasteiger partial charge in [-0.05, 0) is 51.0 Å². The van der Waals surface area contributed by atoms with Gasteiger partial charge in [-0.2, -0.15) is 0 Å². The molecule has 1 aromatic rings. The fraction of sp³-hybridized carbons (Fsp3) is 0.571. The number of unbranched alkanes of at least 4 members (excludes halogenated alkanes) is 1. The first-order valence-electron chi connectivity index (χ1n) is 13.2. The summed E-state index contributed by atoms with van der Waals surface area (Å²) in [5.41, 5.74) is 2.72. The van der Waals surface area contributed by atoms with E-state index in [2.05, 4.69) is 0 Å². The molecule has 210 valence electrons. The monoisotopic (exact) mass is 542 g/mol. The summed E-state index contributed by atoms with van der Waals surface area (Å²) in [5, 5.41) is 22.3. The van der Waals surface area contributed by atoms with Gasteiger partial charge in [0, 0.05) is 24.7 Å². The van der Waals surface area contributed by atoms with Crippen LogP contribution in [-0.4, -0.2) is 82.5 Å². The molecule has 0 aromatic heterocycles. The number of carbonyl (C=O) groups excluding carboxylic acids is 6. The number of aliphatic hydroxyl groups is 1. The van der Waals surface area contributed by atoms with E-state index in [1.165, 1.54) is 6.07 Å². The Morgan fingerprint density at radius 3 is 2.44 bits per heavy atom. The van der Waals surface area contributed by atoms with Crippen LogP contribution in [0.2, 0.25) is 0 Å². The first-order valence-corrected chi connectivity index (χ1v) is 13.2. The number of primary amides is 1. The molecule has 0 aliphatic heterocycles. The molecule has 7 atom stereocenters. The number of esters is 1. The van der Waals surface area contributed by atoms with Crippen LogP contribution in [0.3, 0.4) is 0 Å². The zero-order chi connectivity index (χ0) is 28.8. The highest BCUT2D eigenvalue weighted by Gasteiger charge is 2.71. The average molecular weight is 543 g/mol. The van der Waals surface area contributed by atoms with E-state index in [9.17, 15) is 39.0 Å². The number of fused-ring (bicyclic) bond motifs is 3. The van der Waals surface area contributed by atoms with Crippen LogP contribution >= 0.6 is 0 Å². The molecule has 0 radical (unpaired) electrons. The summed E-state index contributed by atoms with van der Waals surface area (Å²) in [7, 11) is 3.86. The SMILES string of the molecule is CCC(=O)O[C@H]1[C@H]2C(C(=O)c3c(O)cccc3[C@@H]2CCCCN(C)C)C(=O)[C@]2(O)C(=O)C(C(N)=O)C(=O)C[C@H]12. The number of hydrogen-bond acceptors (Lipinski definition) is 10. The number of phenols is 1. The van der Waals surface area contributed by atoms with Gasteiger partial charge < -0.3 is 25.6 Å². The van der Waals surface area contributed by atoms with Crippen molar-refractivity contribution in [3.8, 4) is 5.75 Å². The molecule has 2 fully saturated rings. The van der Waals surface area contributed by atoms with Gasteiger partial charge in [0.25, 0.3) is 0 Å². The lowest BCUT2D eigenvalue weighted by molar-refractivity contribution is -0.198. The maximum atomic E-state index is 14.0. The second-order valence-corrected chi connectivity index (χ2v) is 11.0. The summed E-state index contributed by atoms with van der Waals surface area (Å²) in [4.78, 5) is 80.7. The molecule has 2 saturated carbocycles. The molecule has 4 N–H and O–H groups in total. The standard InChI is InChI=1S/C28H34N2O9/c1-4-18(33)39-24-15-12-17(32)21(27(29)37)25(35)28(15,38)26(36)22-20(24)14(8-5-6-11-30(2)3)13-9-7-10-16(31)19(13)23(22)34/h7,9-10,14-15,20-22,24,31,38H,4-6,8,11-12H2,1-3H3,(H2,29,37)/t14-,15+,20+,21?,22?,24+,28+/m0/s1. The maximum Gasteiger partial charge on any atom is 0.305 e. The predicted molar refractivity (Wildman–Crippen MR) is 135 cm³/mol. The lowest BCUT2D eigenvalue weighted by Gasteiger charge is -2.54. The number of Topliss-reactive ketones (excluding diaryl/α,β-unsaturated/α-hetero) is 4. The summed E-state index contributed by atoms with van der Waals surface area (Å²) in [6.45, 7) is 2.32. The Balaban J connectivity index is 1.90. The number of rotatable bonds is 8. The van der Waals surface area contributed by atoms with Crippen molar-refractivity contribution < 1.29 is 43.7 Å². The number of nitrogens with zero attached hydrogens (tertiary/aromatic N) is 1. The Hall–Kier alpha value is -3.44. The predicted octanol–water partition coefficient (Wildman–Crippen LogP) is 0.532. The van der Waals surface area contributed by atoms with Gasteiger partial charge in [-0.25, -0.2) is 0 Å². The van der Waals surface area contributed by atoms with Crippen molar-refractivity contribution in [2.24, 2.45) is 29.4 Å². The van der Waals surface area contributed by atoms with Crippen molar-refractivity contribution in [2.75, 3.05) is 20.6 Å². The molecule has 2 unspecified atom stereocenters. The van der Waals surface area contributed by atoms with Gasteiger partial charge >= 0.3 is 5.97 Å². The number of aromatic hydroxyl groups is 1. The zero-order valence-electron chi connectivity index (χ0n) is 22.2. The van der Waals surface area contributed by atoms with Gasteiger partial charge in [-0.3, -0.25) is 28.8 Å². The van der Waals surface area contributed by atoms with Crippen LogP contribution in [0, 0.1) is 23.7 Å². The summed E-state index contributed by atoms with van der Waals surface area (Å²) < 4.78 is 5.76. The molecule has 1 aromatic carbocycles. The largest absolute Gasteiger partial charge is 0.507 e. The molecular weight excluding hydrogens is 508 g/mol. The summed E-state index contributed by atoms with van der Waals surface area (Å²) in [6.07, 6.45) is -0.151. The first kappa shape index (κ1) is 28.6. The van der Waals surface area contributed by atoms with E-state index in [1.54, 1.807) is 19.1 Å². The Labute approximate surface area is 225 Å². The highest BCUT2D eigenvalue weighted by molar-refractivity contribution is 6.31. The molecule has 39 heavy (non-hydrogen) atoms. The highest BCUT2D eigenvalue weighted by atomic mass is 16.5. The van der Waals surface area contributed by atoms with Crippen molar-refractivity contribution in [3.05, 3.63) is 29.3 Å². The topological polar surface area (TPSA) is 181 Å². The lowest BCUT2D eigenvalue weighted by atomic mass is 9.50. The van der Waals surface area contributed by atoms with Gasteiger partial charge in [0.15, 0.2) is 34.7 Å². The fourth-order valence-corrected chi connectivity index (χ4v) is 6.64. The molecule has 0 saturated heterocycles. The van der Waals surface area contributed by atoms with Gasteiger partial charge in [-0.1, -0.05) is 25.5 Å². The second kappa shape index (κ2) is 10.6. The number of hydrogen-bond donors (Lipinski definition) is 3. The number of phenolic OH excluding ortho intramolecular Hbond substituents is 1. The Kier molecular flexibility index (Phi) is 7.77. The minimum Gasteiger partial charge on any atom is -0.507 e. The first-order chi connectivity index (χ1) is 18.4. The Morgan fingerprint density at radius 2 is 1.82 bits per heavy atom. The second-order valence-electron chi connectivity index (χ2n) is 11.0. The summed E-state index contributed by atoms with van der Waals surface area (Å²) in [6, 6.07) is 4.56. The van der Waals surface area contributed by atoms with Crippen LogP contribution in [0.15, 0.2) is 18.2 Å². The van der Waals surface area contributed by atoms with E-state index in [0.29, 0.717) is 18.4 Å². The zero-order valence-corrected chi connectivity index (χ0v) is 22.2. The van der Waals surface area contributed by atoms with E-state index < -0.39 is 82.7 Å². The van der Waals surface area contributed by atoms with Crippen LogP contribution in [0.25, 0.3) is 0 Å². The van der Waals surface area contributed by atoms with Gasteiger partial charge in [-0.15, -0.1) is 0 Å². The molecule has 0 heterocycles. The number of benzene rings is 1. The van der Waals surface area contributed by atoms with Crippen LogP contribution in [-0.2, 0) is 28.7 Å². The summed E-state index contributed by atoms with van der Waals surface area (Å²) >= 11 is 0. The maximum absolute atomic E-state index is 14.0. The number of amides is 1. The van der Waals surface area contributed by atoms with Crippen LogP contribution in [0.4, 0.5) is 0 Å². The van der Waals surface area contributed by atoms with Gasteiger partial charge in [0.05, 0.1) is 11.5 Å². The van der Waals surface area contributed by atoms with Crippen molar-refractivity contribution in [3.63, 3.8) is 0 Å². The molecule has 3 aliphatic rings. The van der Waals surface area contributed by atoms with Gasteiger partial charge in [0.2, 0.25) is 5.91 Å². The third kappa shape index (κ3) is 4.57. The molecule has 0 spiro atoms. The van der Waals surface area contributed by atoms with Crippen molar-refractivity contribution in [2.45, 2.75) is 56.7 Å². The number of nitrogens with two attached hydrogens (primary N) is 1. The molecule has 1 amide bonds. The quantitative estimate of drug-likeness (QED) is 0.238. The van der Waals surface area contributed by atoms with Crippen LogP contribution < -0.4 is 5.73 Å². The Bertz CT molecular complexity index is 1240. The number of ether oxygens (including phenoxy) is 1. The van der Waals surface area contributed by atoms with E-state index >= 15 is 0 Å². The molecule has 0 bridgehead atoms. The summed E-state index contributed by atoms with van der Waals surface area (Å²) in [5.74, 6) is -13.4. The smallest absolute Gasteiger partial charge is 0.305 e. The van der Waals surface area contributed by atoms with Crippen LogP contribution in [0.1, 0.15) is 60.9 Å². The molecular formula is C28H34N2O9. The number of carbonyl (C=O) groups is 6. The van der Waals surface area contributed by atoms with Crippen molar-refractivity contribution in [1.82, 2.24) is 4.90 Å². The third-order valence-electron chi connectivity index (χ3n) is 8.42. The lowest BCUT2D eigenvalue weighted by Crippen LogP contribution is -2.73. The minimum absolute atomic E-state index is 0.0718. The Morgan fingerprint density at radius 1 is 1.13 bits per heavy atom. The average Bonchev–Trinajstić information content (AvgIpc) is 2.86. The highest BCUT2D eigenvalue weighted by Crippen LogP contribution is 2.56.